The van der Waals surface area contributed by atoms with E-state index >= 15 is 0 Å². The van der Waals surface area contributed by atoms with Gasteiger partial charge in [0.1, 0.15) is 0 Å². The Hall–Kier alpha value is -0.417. The second-order valence-electron chi connectivity index (χ2n) is 3.78. The Morgan fingerprint density at radius 2 is 1.33 bits per heavy atom. The molecule has 2 rings (SSSR count). The summed E-state index contributed by atoms with van der Waals surface area (Å²) in [6.07, 6.45) is 19.5. The second kappa shape index (κ2) is 7.82. The zero-order valence-corrected chi connectivity index (χ0v) is 11.1. The monoisotopic (exact) mass is 289 g/mol. The Morgan fingerprint density at radius 1 is 0.867 bits per heavy atom. The van der Waals surface area contributed by atoms with Crippen LogP contribution in [0.15, 0.2) is 46.2 Å². The summed E-state index contributed by atoms with van der Waals surface area (Å²) in [5.41, 5.74) is 1.41. The quantitative estimate of drug-likeness (QED) is 0.456. The van der Waals surface area contributed by atoms with Gasteiger partial charge in [-0.15, -0.1) is 0 Å². The molecule has 0 N–H and O–H groups in total. The van der Waals surface area contributed by atoms with Gasteiger partial charge in [-0.1, -0.05) is 24.3 Å². The molecule has 0 unspecified atom stereocenters. The van der Waals surface area contributed by atoms with Crippen molar-refractivity contribution in [1.29, 1.82) is 0 Å². The molecule has 0 aromatic heterocycles. The zero-order chi connectivity index (χ0) is 10.9. The third kappa shape index (κ3) is 5.89. The van der Waals surface area contributed by atoms with Gasteiger partial charge in [-0.05, 0) is 25.7 Å². The van der Waals surface area contributed by atoms with Gasteiger partial charge in [0.2, 0.25) is 0 Å². The Morgan fingerprint density at radius 3 is 1.53 bits per heavy atom. The fourth-order valence-electron chi connectivity index (χ4n) is 1.44. The fraction of sp³-hybridized carbons (Fsp3) is 0.429. The van der Waals surface area contributed by atoms with Crippen LogP contribution < -0.4 is 0 Å². The molecule has 0 spiro atoms. The van der Waals surface area contributed by atoms with Crippen LogP contribution >= 0.6 is 0 Å². The van der Waals surface area contributed by atoms with Gasteiger partial charge in [0, 0.05) is 0 Å². The van der Waals surface area contributed by atoms with Crippen molar-refractivity contribution in [2.45, 2.75) is 39.0 Å². The second-order valence-corrected chi connectivity index (χ2v) is 4.83. The molecule has 2 aliphatic rings. The minimum absolute atomic E-state index is 1.14. The Bertz CT molecular complexity index is 266. The van der Waals surface area contributed by atoms with Crippen molar-refractivity contribution in [3.63, 3.8) is 0 Å². The van der Waals surface area contributed by atoms with Gasteiger partial charge < -0.3 is 0 Å². The number of hydrogen-bond acceptors (Lipinski definition) is 0. The van der Waals surface area contributed by atoms with Gasteiger partial charge in [0.15, 0.2) is 0 Å². The minimum atomic E-state index is 1.14. The number of allylic oxidation sites excluding steroid dienone is 8. The number of hydrogen-bond donors (Lipinski definition) is 0. The predicted molar refractivity (Wildman–Crippen MR) is 63.2 cm³/mol. The van der Waals surface area contributed by atoms with E-state index in [1.165, 1.54) is 35.4 Å². The topological polar surface area (TPSA) is 0 Å². The van der Waals surface area contributed by atoms with E-state index in [9.17, 15) is 0 Å². The van der Waals surface area contributed by atoms with Gasteiger partial charge in [-0.3, -0.25) is 0 Å². The average molecular weight is 288 g/mol. The van der Waals surface area contributed by atoms with Gasteiger partial charge in [-0.2, -0.15) is 0 Å². The summed E-state index contributed by atoms with van der Waals surface area (Å²) in [5.74, 6) is 0. The molecule has 0 aliphatic heterocycles. The van der Waals surface area contributed by atoms with Gasteiger partial charge in [0.25, 0.3) is 0 Å². The summed E-state index contributed by atoms with van der Waals surface area (Å²) in [4.78, 5) is 0. The van der Waals surface area contributed by atoms with E-state index < -0.39 is 0 Å². The molecule has 0 bridgehead atoms. The van der Waals surface area contributed by atoms with Crippen molar-refractivity contribution in [1.82, 2.24) is 0 Å². The van der Waals surface area contributed by atoms with E-state index in [4.69, 9.17) is 0 Å². The van der Waals surface area contributed by atoms with E-state index in [2.05, 4.69) is 61.7 Å². The molecular formula is C14H19Ru. The third-order valence-corrected chi connectivity index (χ3v) is 3.45. The maximum absolute atomic E-state index is 2.64. The molecule has 0 saturated heterocycles. The van der Waals surface area contributed by atoms with Crippen molar-refractivity contribution in [2.24, 2.45) is 0 Å². The normalized spacial score (nSPS) is 19.6. The molecule has 0 aromatic rings. The van der Waals surface area contributed by atoms with Crippen LogP contribution in [0.2, 0.25) is 0 Å². The van der Waals surface area contributed by atoms with Crippen LogP contribution in [0, 0.1) is 0 Å². The molecule has 83 valence electrons. The summed E-state index contributed by atoms with van der Waals surface area (Å²) in [5, 5.41) is 0. The molecule has 0 atom stereocenters. The van der Waals surface area contributed by atoms with Crippen LogP contribution in [0.1, 0.15) is 39.0 Å². The molecule has 0 fully saturated rings. The SMILES string of the molecule is C1=CCCC=CCC1.CC1=[C]([Ru])CC=C1. The van der Waals surface area contributed by atoms with E-state index in [0.717, 1.165) is 6.42 Å². The van der Waals surface area contributed by atoms with Crippen molar-refractivity contribution >= 4 is 0 Å². The summed E-state index contributed by atoms with van der Waals surface area (Å²) >= 11 is 2.64. The maximum atomic E-state index is 2.64. The standard InChI is InChI=1S/C8H12.C6H7.Ru/c1-2-4-6-8-7-5-3-1;1-6-4-2-3-5-6;/h1-2,7-8H,3-6H2;2,4H,3H2,1H3;. The Kier molecular flexibility index (Phi) is 6.60. The summed E-state index contributed by atoms with van der Waals surface area (Å²) in [7, 11) is 0. The Labute approximate surface area is 104 Å². The third-order valence-electron chi connectivity index (χ3n) is 2.41. The van der Waals surface area contributed by atoms with Crippen LogP contribution in [0.25, 0.3) is 0 Å². The number of rotatable bonds is 0. The molecule has 0 nitrogen and oxygen atoms in total. The van der Waals surface area contributed by atoms with E-state index in [1.807, 2.05) is 0 Å². The van der Waals surface area contributed by atoms with Crippen molar-refractivity contribution in [2.75, 3.05) is 0 Å². The van der Waals surface area contributed by atoms with Crippen LogP contribution in [0.5, 0.6) is 0 Å². The van der Waals surface area contributed by atoms with Gasteiger partial charge >= 0.3 is 53.5 Å². The average Bonchev–Trinajstić information content (AvgIpc) is 2.50. The first kappa shape index (κ1) is 12.7. The summed E-state index contributed by atoms with van der Waals surface area (Å²) < 4.78 is 1.44. The summed E-state index contributed by atoms with van der Waals surface area (Å²) in [6, 6.07) is 0. The molecule has 0 aromatic carbocycles. The van der Waals surface area contributed by atoms with Crippen molar-refractivity contribution < 1.29 is 18.3 Å². The van der Waals surface area contributed by atoms with E-state index in [-0.39, 0.29) is 0 Å². The van der Waals surface area contributed by atoms with Crippen LogP contribution in [-0.2, 0) is 18.3 Å². The first-order valence-corrected chi connectivity index (χ1v) is 6.48. The molecular weight excluding hydrogens is 269 g/mol. The van der Waals surface area contributed by atoms with Crippen LogP contribution in [-0.4, -0.2) is 0 Å². The van der Waals surface area contributed by atoms with Gasteiger partial charge in [-0.25, -0.2) is 0 Å². The first-order chi connectivity index (χ1) is 7.30. The van der Waals surface area contributed by atoms with Gasteiger partial charge in [0.05, 0.1) is 0 Å². The molecule has 0 amide bonds. The van der Waals surface area contributed by atoms with Crippen molar-refractivity contribution in [3.05, 3.63) is 46.2 Å². The van der Waals surface area contributed by atoms with Crippen LogP contribution in [0.4, 0.5) is 0 Å². The molecule has 0 radical (unpaired) electrons. The van der Waals surface area contributed by atoms with Crippen molar-refractivity contribution in [3.8, 4) is 0 Å². The molecule has 0 heterocycles. The molecule has 2 aliphatic carbocycles. The fourth-order valence-corrected chi connectivity index (χ4v) is 1.79. The first-order valence-electron chi connectivity index (χ1n) is 5.61. The molecule has 1 heteroatoms. The van der Waals surface area contributed by atoms with Crippen LogP contribution in [0.3, 0.4) is 0 Å². The van der Waals surface area contributed by atoms with E-state index in [0.29, 0.717) is 0 Å². The molecule has 0 saturated carbocycles. The van der Waals surface area contributed by atoms with E-state index in [1.54, 1.807) is 0 Å². The predicted octanol–water partition coefficient (Wildman–Crippen LogP) is 4.44. The molecule has 15 heavy (non-hydrogen) atoms. The summed E-state index contributed by atoms with van der Waals surface area (Å²) in [6.45, 7) is 2.13. The zero-order valence-electron chi connectivity index (χ0n) is 9.35. The Balaban J connectivity index is 0.000000151.